The number of hydrogen-bond acceptors (Lipinski definition) is 4. The van der Waals surface area contributed by atoms with Gasteiger partial charge in [-0.2, -0.15) is 0 Å². The van der Waals surface area contributed by atoms with Gasteiger partial charge in [-0.3, -0.25) is 9.59 Å². The van der Waals surface area contributed by atoms with Crippen molar-refractivity contribution in [2.75, 3.05) is 19.0 Å². The fraction of sp³-hybridized carbons (Fsp3) is 0.333. The van der Waals surface area contributed by atoms with Crippen LogP contribution in [0.25, 0.3) is 0 Å². The summed E-state index contributed by atoms with van der Waals surface area (Å²) in [6.45, 7) is 0.0635. The smallest absolute Gasteiger partial charge is 0.308 e. The first kappa shape index (κ1) is 13.8. The molecular formula is C12H15NO5. The number of hydrogen-bond donors (Lipinski definition) is 3. The zero-order chi connectivity index (χ0) is 13.5. The highest BCUT2D eigenvalue weighted by Crippen LogP contribution is 2.15. The zero-order valence-corrected chi connectivity index (χ0v) is 9.92. The van der Waals surface area contributed by atoms with Gasteiger partial charge in [-0.1, -0.05) is 0 Å². The highest BCUT2D eigenvalue weighted by Gasteiger charge is 2.20. The maximum Gasteiger partial charge on any atom is 0.308 e. The second-order valence-corrected chi connectivity index (χ2v) is 3.74. The van der Waals surface area contributed by atoms with Crippen molar-refractivity contribution in [2.24, 2.45) is 5.92 Å². The van der Waals surface area contributed by atoms with Crippen molar-refractivity contribution < 1.29 is 24.5 Å². The summed E-state index contributed by atoms with van der Waals surface area (Å²) in [5.74, 6) is -2.51. The van der Waals surface area contributed by atoms with E-state index in [1.807, 2.05) is 0 Å². The van der Waals surface area contributed by atoms with Crippen molar-refractivity contribution in [3.05, 3.63) is 24.3 Å². The van der Waals surface area contributed by atoms with Crippen molar-refractivity contribution in [3.8, 4) is 5.75 Å². The maximum atomic E-state index is 10.8. The van der Waals surface area contributed by atoms with Crippen LogP contribution in [0.3, 0.4) is 0 Å². The number of carboxylic acid groups (broad SMARTS) is 2. The summed E-state index contributed by atoms with van der Waals surface area (Å²) in [4.78, 5) is 21.3. The molecule has 0 spiro atoms. The minimum atomic E-state index is -1.13. The van der Waals surface area contributed by atoms with Crippen molar-refractivity contribution >= 4 is 17.6 Å². The molecule has 1 aromatic carbocycles. The van der Waals surface area contributed by atoms with Crippen LogP contribution in [-0.2, 0) is 9.59 Å². The Labute approximate surface area is 104 Å². The van der Waals surface area contributed by atoms with Crippen molar-refractivity contribution in [1.82, 2.24) is 0 Å². The second-order valence-electron chi connectivity index (χ2n) is 3.74. The average Bonchev–Trinajstić information content (AvgIpc) is 2.34. The van der Waals surface area contributed by atoms with Gasteiger partial charge in [-0.25, -0.2) is 0 Å². The van der Waals surface area contributed by atoms with Crippen LogP contribution in [0, 0.1) is 5.92 Å². The topological polar surface area (TPSA) is 95.9 Å². The molecule has 0 aliphatic rings. The number of ether oxygens (including phenoxy) is 1. The van der Waals surface area contributed by atoms with Crippen LogP contribution in [-0.4, -0.2) is 35.8 Å². The lowest BCUT2D eigenvalue weighted by molar-refractivity contribution is -0.147. The van der Waals surface area contributed by atoms with E-state index in [2.05, 4.69) is 5.32 Å². The van der Waals surface area contributed by atoms with Gasteiger partial charge in [0.05, 0.1) is 19.4 Å². The Kier molecular flexibility index (Phi) is 4.98. The van der Waals surface area contributed by atoms with Gasteiger partial charge in [0.1, 0.15) is 5.75 Å². The van der Waals surface area contributed by atoms with Gasteiger partial charge in [-0.05, 0) is 24.3 Å². The van der Waals surface area contributed by atoms with Crippen LogP contribution in [0.1, 0.15) is 6.42 Å². The molecule has 6 heteroatoms. The summed E-state index contributed by atoms with van der Waals surface area (Å²) in [6.07, 6.45) is -0.404. The molecule has 1 rings (SSSR count). The number of methoxy groups -OCH3 is 1. The largest absolute Gasteiger partial charge is 0.497 e. The van der Waals surface area contributed by atoms with Crippen LogP contribution in [0.2, 0.25) is 0 Å². The van der Waals surface area contributed by atoms with E-state index in [-0.39, 0.29) is 6.54 Å². The molecule has 1 atom stereocenters. The van der Waals surface area contributed by atoms with Crippen LogP contribution < -0.4 is 10.1 Å². The molecule has 0 aliphatic carbocycles. The Bertz CT molecular complexity index is 415. The first-order valence-electron chi connectivity index (χ1n) is 5.35. The fourth-order valence-corrected chi connectivity index (χ4v) is 1.41. The van der Waals surface area contributed by atoms with E-state index in [1.165, 1.54) is 0 Å². The van der Waals surface area contributed by atoms with E-state index in [9.17, 15) is 9.59 Å². The quantitative estimate of drug-likeness (QED) is 0.677. The molecule has 0 amide bonds. The molecule has 6 nitrogen and oxygen atoms in total. The molecule has 0 aliphatic heterocycles. The predicted molar refractivity (Wildman–Crippen MR) is 64.9 cm³/mol. The SMILES string of the molecule is COc1ccc(NCC(CC(=O)O)C(=O)O)cc1. The monoisotopic (exact) mass is 253 g/mol. The van der Waals surface area contributed by atoms with Gasteiger partial charge in [-0.15, -0.1) is 0 Å². The zero-order valence-electron chi connectivity index (χ0n) is 9.92. The molecule has 0 saturated heterocycles. The molecule has 3 N–H and O–H groups in total. The number of carboxylic acids is 2. The van der Waals surface area contributed by atoms with Crippen LogP contribution in [0.15, 0.2) is 24.3 Å². The van der Waals surface area contributed by atoms with E-state index >= 15 is 0 Å². The molecule has 0 fully saturated rings. The minimum absolute atomic E-state index is 0.0635. The summed E-state index contributed by atoms with van der Waals surface area (Å²) in [6, 6.07) is 6.93. The van der Waals surface area contributed by atoms with E-state index in [1.54, 1.807) is 31.4 Å². The normalized spacial score (nSPS) is 11.6. The second kappa shape index (κ2) is 6.48. The highest BCUT2D eigenvalue weighted by atomic mass is 16.5. The minimum Gasteiger partial charge on any atom is -0.497 e. The summed E-state index contributed by atoms with van der Waals surface area (Å²) in [5.41, 5.74) is 0.715. The third-order valence-corrected chi connectivity index (χ3v) is 2.41. The van der Waals surface area contributed by atoms with Gasteiger partial charge in [0.15, 0.2) is 0 Å². The van der Waals surface area contributed by atoms with Gasteiger partial charge < -0.3 is 20.3 Å². The Hall–Kier alpha value is -2.24. The van der Waals surface area contributed by atoms with Gasteiger partial charge in [0.2, 0.25) is 0 Å². The Morgan fingerprint density at radius 3 is 2.33 bits per heavy atom. The predicted octanol–water partition coefficient (Wildman–Crippen LogP) is 1.28. The number of aliphatic carboxylic acids is 2. The molecule has 1 aromatic rings. The van der Waals surface area contributed by atoms with Crippen molar-refractivity contribution in [3.63, 3.8) is 0 Å². The number of anilines is 1. The van der Waals surface area contributed by atoms with E-state index < -0.39 is 24.3 Å². The molecule has 0 bridgehead atoms. The van der Waals surface area contributed by atoms with Gasteiger partial charge in [0.25, 0.3) is 0 Å². The van der Waals surface area contributed by atoms with E-state index in [0.29, 0.717) is 11.4 Å². The summed E-state index contributed by atoms with van der Waals surface area (Å²) in [5, 5.41) is 20.3. The molecule has 98 valence electrons. The lowest BCUT2D eigenvalue weighted by atomic mass is 10.1. The number of nitrogens with one attached hydrogen (secondary N) is 1. The Morgan fingerprint density at radius 2 is 1.89 bits per heavy atom. The molecule has 1 unspecified atom stereocenters. The molecule has 0 radical (unpaired) electrons. The van der Waals surface area contributed by atoms with Crippen molar-refractivity contribution in [1.29, 1.82) is 0 Å². The van der Waals surface area contributed by atoms with E-state index in [0.717, 1.165) is 0 Å². The maximum absolute atomic E-state index is 10.8. The standard InChI is InChI=1S/C12H15NO5/c1-18-10-4-2-9(3-5-10)13-7-8(12(16)17)6-11(14)15/h2-5,8,13H,6-7H2,1H3,(H,14,15)(H,16,17). The summed E-state index contributed by atoms with van der Waals surface area (Å²) < 4.78 is 4.99. The Morgan fingerprint density at radius 1 is 1.28 bits per heavy atom. The average molecular weight is 253 g/mol. The third-order valence-electron chi connectivity index (χ3n) is 2.41. The molecule has 18 heavy (non-hydrogen) atoms. The first-order chi connectivity index (χ1) is 8.52. The van der Waals surface area contributed by atoms with Crippen LogP contribution in [0.4, 0.5) is 5.69 Å². The first-order valence-corrected chi connectivity index (χ1v) is 5.35. The fourth-order valence-electron chi connectivity index (χ4n) is 1.41. The lowest BCUT2D eigenvalue weighted by Gasteiger charge is -2.12. The highest BCUT2D eigenvalue weighted by molar-refractivity contribution is 5.78. The molecule has 0 saturated carbocycles. The number of benzene rings is 1. The Balaban J connectivity index is 2.55. The van der Waals surface area contributed by atoms with Gasteiger partial charge in [0, 0.05) is 12.2 Å². The number of rotatable bonds is 7. The lowest BCUT2D eigenvalue weighted by Crippen LogP contribution is -2.25. The number of carbonyl (C=O) groups is 2. The third kappa shape index (κ3) is 4.32. The van der Waals surface area contributed by atoms with Crippen LogP contribution >= 0.6 is 0 Å². The summed E-state index contributed by atoms with van der Waals surface area (Å²) >= 11 is 0. The molecular weight excluding hydrogens is 238 g/mol. The summed E-state index contributed by atoms with van der Waals surface area (Å²) in [7, 11) is 1.55. The van der Waals surface area contributed by atoms with E-state index in [4.69, 9.17) is 14.9 Å². The molecule has 0 aromatic heterocycles. The van der Waals surface area contributed by atoms with Gasteiger partial charge >= 0.3 is 11.9 Å². The van der Waals surface area contributed by atoms with Crippen LogP contribution in [0.5, 0.6) is 5.75 Å². The molecule has 0 heterocycles. The van der Waals surface area contributed by atoms with Crippen molar-refractivity contribution in [2.45, 2.75) is 6.42 Å².